The fourth-order valence-corrected chi connectivity index (χ4v) is 3.47. The lowest BCUT2D eigenvalue weighted by molar-refractivity contribution is -0.0678. The van der Waals surface area contributed by atoms with E-state index in [9.17, 15) is 15.0 Å². The van der Waals surface area contributed by atoms with Gasteiger partial charge in [0.25, 0.3) is 5.91 Å². The minimum atomic E-state index is -1.08. The Morgan fingerprint density at radius 3 is 2.77 bits per heavy atom. The summed E-state index contributed by atoms with van der Waals surface area (Å²) in [5.74, 6) is -0.101. The van der Waals surface area contributed by atoms with Crippen molar-refractivity contribution in [2.45, 2.75) is 24.5 Å². The van der Waals surface area contributed by atoms with Gasteiger partial charge in [-0.2, -0.15) is 0 Å². The fraction of sp³-hybridized carbons (Fsp3) is 0.400. The second kappa shape index (κ2) is 9.45. The molecule has 11 nitrogen and oxygen atoms in total. The quantitative estimate of drug-likeness (QED) is 0.433. The van der Waals surface area contributed by atoms with Crippen LogP contribution < -0.4 is 5.32 Å². The number of aliphatic hydroxyl groups is 2. The number of hydrogen-bond donors (Lipinski definition) is 3. The third-order valence-corrected chi connectivity index (χ3v) is 4.99. The molecule has 3 N–H and O–H groups in total. The average molecular weight is 429 g/mol. The summed E-state index contributed by atoms with van der Waals surface area (Å²) in [6.07, 6.45) is -0.711. The van der Waals surface area contributed by atoms with Gasteiger partial charge in [0.2, 0.25) is 0 Å². The number of carbonyl (C=O) groups excluding carboxylic acids is 1. The molecule has 11 heteroatoms. The van der Waals surface area contributed by atoms with Crippen molar-refractivity contribution in [3.8, 4) is 0 Å². The number of anilines is 1. The van der Waals surface area contributed by atoms with Gasteiger partial charge in [0.15, 0.2) is 23.2 Å². The van der Waals surface area contributed by atoms with Gasteiger partial charge in [-0.25, -0.2) is 15.0 Å². The van der Waals surface area contributed by atoms with Crippen LogP contribution in [0, 0.1) is 0 Å². The summed E-state index contributed by atoms with van der Waals surface area (Å²) in [4.78, 5) is 25.2. The van der Waals surface area contributed by atoms with Crippen molar-refractivity contribution in [2.75, 3.05) is 32.2 Å². The van der Waals surface area contributed by atoms with Crippen LogP contribution in [-0.2, 0) is 14.2 Å². The van der Waals surface area contributed by atoms with Gasteiger partial charge in [0.05, 0.1) is 26.1 Å². The van der Waals surface area contributed by atoms with Crippen molar-refractivity contribution in [3.63, 3.8) is 0 Å². The molecule has 0 bridgehead atoms. The molecule has 1 fully saturated rings. The molecule has 2 aromatic heterocycles. The zero-order chi connectivity index (χ0) is 21.8. The molecule has 4 atom stereocenters. The number of carbonyl (C=O) groups is 1. The van der Waals surface area contributed by atoms with E-state index < -0.39 is 24.5 Å². The third-order valence-electron chi connectivity index (χ3n) is 4.99. The maximum atomic E-state index is 12.5. The summed E-state index contributed by atoms with van der Waals surface area (Å²) in [6.45, 7) is 0.260. The number of ether oxygens (including phenoxy) is 3. The lowest BCUT2D eigenvalue weighted by atomic mass is 10.1. The molecule has 0 aliphatic carbocycles. The number of benzene rings is 1. The lowest BCUT2D eigenvalue weighted by Gasteiger charge is -2.19. The van der Waals surface area contributed by atoms with Gasteiger partial charge in [-0.3, -0.25) is 9.36 Å². The van der Waals surface area contributed by atoms with Crippen LogP contribution in [-0.4, -0.2) is 80.9 Å². The minimum absolute atomic E-state index is 0.233. The van der Waals surface area contributed by atoms with Gasteiger partial charge < -0.3 is 29.7 Å². The van der Waals surface area contributed by atoms with E-state index in [1.54, 1.807) is 31.4 Å². The first-order chi connectivity index (χ1) is 15.1. The molecule has 1 aromatic carbocycles. The third kappa shape index (κ3) is 4.27. The minimum Gasteiger partial charge on any atom is -0.394 e. The van der Waals surface area contributed by atoms with Crippen LogP contribution in [0.2, 0.25) is 0 Å². The molecule has 0 unspecified atom stereocenters. The molecule has 1 amide bonds. The number of amides is 1. The average Bonchev–Trinajstić information content (AvgIpc) is 3.36. The number of fused-ring (bicyclic) bond motifs is 1. The number of hydrogen-bond acceptors (Lipinski definition) is 9. The first-order valence-corrected chi connectivity index (χ1v) is 9.73. The second-order valence-electron chi connectivity index (χ2n) is 6.93. The van der Waals surface area contributed by atoms with Crippen molar-refractivity contribution < 1.29 is 29.2 Å². The standard InChI is InChI=1S/C20H23N5O6/c1-29-7-8-30-16-13(9-26)31-20(15(16)27)25-11-23-14-17(21-10-22-18(14)25)24-19(28)12-5-3-2-4-6-12/h2-6,10-11,13,15-16,20,26-27H,7-9H2,1H3,(H,21,22,24,28)/t13-,15-,16-,20-/m1/s1. The Morgan fingerprint density at radius 1 is 1.23 bits per heavy atom. The Hall–Kier alpha value is -2.96. The maximum absolute atomic E-state index is 12.5. The Balaban J connectivity index is 1.58. The lowest BCUT2D eigenvalue weighted by Crippen LogP contribution is -2.37. The van der Waals surface area contributed by atoms with Gasteiger partial charge in [0, 0.05) is 12.7 Å². The molecule has 164 valence electrons. The van der Waals surface area contributed by atoms with Gasteiger partial charge in [-0.15, -0.1) is 0 Å². The summed E-state index contributed by atoms with van der Waals surface area (Å²) in [6, 6.07) is 8.73. The number of aliphatic hydroxyl groups excluding tert-OH is 2. The van der Waals surface area contributed by atoms with Gasteiger partial charge >= 0.3 is 0 Å². The van der Waals surface area contributed by atoms with Crippen molar-refractivity contribution in [3.05, 3.63) is 48.5 Å². The molecular formula is C20H23N5O6. The highest BCUT2D eigenvalue weighted by atomic mass is 16.6. The number of rotatable bonds is 8. The normalized spacial score (nSPS) is 23.3. The fourth-order valence-electron chi connectivity index (χ4n) is 3.47. The van der Waals surface area contributed by atoms with Crippen LogP contribution in [0.4, 0.5) is 5.82 Å². The molecule has 0 radical (unpaired) electrons. The zero-order valence-electron chi connectivity index (χ0n) is 16.8. The molecule has 1 aliphatic heterocycles. The molecule has 0 spiro atoms. The van der Waals surface area contributed by atoms with E-state index in [4.69, 9.17) is 14.2 Å². The van der Waals surface area contributed by atoms with Crippen LogP contribution in [0.15, 0.2) is 43.0 Å². The number of methoxy groups -OCH3 is 1. The smallest absolute Gasteiger partial charge is 0.256 e. The Kier molecular flexibility index (Phi) is 6.49. The topological polar surface area (TPSA) is 141 Å². The van der Waals surface area contributed by atoms with Gasteiger partial charge in [-0.1, -0.05) is 18.2 Å². The predicted octanol–water partition coefficient (Wildman–Crippen LogP) is 0.361. The summed E-state index contributed by atoms with van der Waals surface area (Å²) in [5, 5.41) is 23.2. The SMILES string of the molecule is COCCO[C@H]1[C@@H](O)[C@H](n2cnc3c(NC(=O)c4ccccc4)ncnc32)O[C@@H]1CO. The molecule has 0 saturated carbocycles. The monoisotopic (exact) mass is 429 g/mol. The Labute approximate surface area is 177 Å². The molecule has 3 aromatic rings. The van der Waals surface area contributed by atoms with E-state index in [1.807, 2.05) is 6.07 Å². The van der Waals surface area contributed by atoms with Crippen LogP contribution in [0.3, 0.4) is 0 Å². The van der Waals surface area contributed by atoms with E-state index >= 15 is 0 Å². The highest BCUT2D eigenvalue weighted by Crippen LogP contribution is 2.33. The predicted molar refractivity (Wildman–Crippen MR) is 108 cm³/mol. The summed E-state index contributed by atoms with van der Waals surface area (Å²) < 4.78 is 18.0. The van der Waals surface area contributed by atoms with E-state index in [1.165, 1.54) is 17.2 Å². The molecule has 1 saturated heterocycles. The summed E-state index contributed by atoms with van der Waals surface area (Å²) in [7, 11) is 1.54. The van der Waals surface area contributed by atoms with E-state index in [0.29, 0.717) is 23.3 Å². The van der Waals surface area contributed by atoms with E-state index in [-0.39, 0.29) is 24.9 Å². The summed E-state index contributed by atoms with van der Waals surface area (Å²) in [5.41, 5.74) is 1.17. The van der Waals surface area contributed by atoms with Crippen LogP contribution >= 0.6 is 0 Å². The molecular weight excluding hydrogens is 406 g/mol. The first-order valence-electron chi connectivity index (χ1n) is 9.73. The Bertz CT molecular complexity index is 1030. The zero-order valence-corrected chi connectivity index (χ0v) is 16.8. The first kappa shape index (κ1) is 21.3. The Morgan fingerprint density at radius 2 is 2.03 bits per heavy atom. The van der Waals surface area contributed by atoms with Gasteiger partial charge in [-0.05, 0) is 12.1 Å². The largest absolute Gasteiger partial charge is 0.394 e. The van der Waals surface area contributed by atoms with Crippen molar-refractivity contribution in [1.82, 2.24) is 19.5 Å². The highest BCUT2D eigenvalue weighted by molar-refractivity contribution is 6.06. The van der Waals surface area contributed by atoms with E-state index in [2.05, 4.69) is 20.3 Å². The van der Waals surface area contributed by atoms with Crippen LogP contribution in [0.1, 0.15) is 16.6 Å². The molecule has 4 rings (SSSR count). The maximum Gasteiger partial charge on any atom is 0.256 e. The highest BCUT2D eigenvalue weighted by Gasteiger charge is 2.45. The second-order valence-corrected chi connectivity index (χ2v) is 6.93. The van der Waals surface area contributed by atoms with Crippen molar-refractivity contribution in [2.24, 2.45) is 0 Å². The molecule has 1 aliphatic rings. The number of imidazole rings is 1. The number of aromatic nitrogens is 4. The van der Waals surface area contributed by atoms with Crippen molar-refractivity contribution in [1.29, 1.82) is 0 Å². The number of nitrogens with one attached hydrogen (secondary N) is 1. The van der Waals surface area contributed by atoms with Crippen molar-refractivity contribution >= 4 is 22.9 Å². The summed E-state index contributed by atoms with van der Waals surface area (Å²) >= 11 is 0. The van der Waals surface area contributed by atoms with Crippen LogP contribution in [0.5, 0.6) is 0 Å². The number of nitrogens with zero attached hydrogens (tertiary/aromatic N) is 4. The van der Waals surface area contributed by atoms with Gasteiger partial charge in [0.1, 0.15) is 24.6 Å². The molecule has 31 heavy (non-hydrogen) atoms. The van der Waals surface area contributed by atoms with Crippen LogP contribution in [0.25, 0.3) is 11.2 Å². The molecule has 3 heterocycles. The van der Waals surface area contributed by atoms with E-state index in [0.717, 1.165) is 0 Å².